The third-order valence-electron chi connectivity index (χ3n) is 4.01. The van der Waals surface area contributed by atoms with Crippen LogP contribution in [0.3, 0.4) is 0 Å². The molecule has 0 fully saturated rings. The second kappa shape index (κ2) is 16.6. The Morgan fingerprint density at radius 1 is 0.500 bits per heavy atom. The van der Waals surface area contributed by atoms with Crippen LogP contribution < -0.4 is 14.2 Å². The van der Waals surface area contributed by atoms with Crippen LogP contribution in [0.15, 0.2) is 72.8 Å². The third kappa shape index (κ3) is 9.90. The Kier molecular flexibility index (Phi) is 15.2. The first-order valence-corrected chi connectivity index (χ1v) is 9.35. The van der Waals surface area contributed by atoms with E-state index in [1.165, 1.54) is 39.5 Å². The predicted octanol–water partition coefficient (Wildman–Crippen LogP) is 4.18. The maximum atomic E-state index is 10.5. The van der Waals surface area contributed by atoms with Gasteiger partial charge in [-0.05, 0) is 36.4 Å². The van der Waals surface area contributed by atoms with Gasteiger partial charge in [-0.3, -0.25) is 0 Å². The minimum absolute atomic E-state index is 0. The first-order chi connectivity index (χ1) is 15.8. The Bertz CT molecular complexity index is 947. The standard InChI is InChI=1S/3C8H8O3.Eu/c3*1-11-7-5-3-2-4-6(7)8(9)10;/h3*2-5H,1H3,(H,9,10);. The zero-order valence-electron chi connectivity index (χ0n) is 18.6. The maximum Gasteiger partial charge on any atom is 0.339 e. The van der Waals surface area contributed by atoms with Crippen LogP contribution in [0.25, 0.3) is 0 Å². The smallest absolute Gasteiger partial charge is 0.339 e. The van der Waals surface area contributed by atoms with Gasteiger partial charge in [-0.2, -0.15) is 0 Å². The van der Waals surface area contributed by atoms with Crippen molar-refractivity contribution in [2.45, 2.75) is 0 Å². The van der Waals surface area contributed by atoms with Gasteiger partial charge in [-0.1, -0.05) is 36.4 Å². The van der Waals surface area contributed by atoms with Gasteiger partial charge in [-0.15, -0.1) is 0 Å². The van der Waals surface area contributed by atoms with Crippen LogP contribution in [-0.2, 0) is 0 Å². The Labute approximate surface area is 237 Å². The Morgan fingerprint density at radius 2 is 0.706 bits per heavy atom. The molecule has 0 bridgehead atoms. The molecule has 0 unspecified atom stereocenters. The molecule has 0 aliphatic heterocycles. The average Bonchev–Trinajstić information content (AvgIpc) is 2.84. The largest absolute Gasteiger partial charge is 0.496 e. The van der Waals surface area contributed by atoms with Gasteiger partial charge in [0.25, 0.3) is 0 Å². The fourth-order valence-electron chi connectivity index (χ4n) is 2.46. The number of hydrogen-bond acceptors (Lipinski definition) is 6. The zero-order valence-corrected chi connectivity index (χ0v) is 21.0. The summed E-state index contributed by atoms with van der Waals surface area (Å²) in [6.07, 6.45) is 0. The zero-order chi connectivity index (χ0) is 24.8. The van der Waals surface area contributed by atoms with Gasteiger partial charge in [0.15, 0.2) is 0 Å². The van der Waals surface area contributed by atoms with Crippen LogP contribution in [0.2, 0.25) is 0 Å². The number of carbonyl (C=O) groups is 3. The van der Waals surface area contributed by atoms with Crippen LogP contribution in [0.5, 0.6) is 17.2 Å². The predicted molar refractivity (Wildman–Crippen MR) is 120 cm³/mol. The molecule has 3 rings (SSSR count). The molecule has 0 aliphatic rings. The van der Waals surface area contributed by atoms with E-state index in [9.17, 15) is 14.4 Å². The monoisotopic (exact) mass is 609 g/mol. The van der Waals surface area contributed by atoms with Gasteiger partial charge in [-0.25, -0.2) is 14.4 Å². The first kappa shape index (κ1) is 31.1. The molecular weight excluding hydrogens is 584 g/mol. The number of carboxylic acids is 3. The van der Waals surface area contributed by atoms with Crippen LogP contribution in [0.4, 0.5) is 0 Å². The molecule has 3 N–H and O–H groups in total. The Balaban J connectivity index is 0.000000473. The molecule has 0 saturated heterocycles. The summed E-state index contributed by atoms with van der Waals surface area (Å²) in [7, 11) is 4.34. The van der Waals surface area contributed by atoms with E-state index >= 15 is 0 Å². The molecule has 34 heavy (non-hydrogen) atoms. The summed E-state index contributed by atoms with van der Waals surface area (Å²) in [6.45, 7) is 0. The molecule has 0 aliphatic carbocycles. The number of aromatic carboxylic acids is 3. The Morgan fingerprint density at radius 3 is 0.853 bits per heavy atom. The summed E-state index contributed by atoms with van der Waals surface area (Å²) >= 11 is 0. The van der Waals surface area contributed by atoms with E-state index in [1.807, 2.05) is 0 Å². The normalized spacial score (nSPS) is 8.91. The summed E-state index contributed by atoms with van der Waals surface area (Å²) in [5.74, 6) is -1.74. The summed E-state index contributed by atoms with van der Waals surface area (Å²) in [5.41, 5.74) is 0.569. The summed E-state index contributed by atoms with van der Waals surface area (Å²) in [5, 5.41) is 25.9. The van der Waals surface area contributed by atoms with Gasteiger partial charge < -0.3 is 29.5 Å². The van der Waals surface area contributed by atoms with E-state index in [-0.39, 0.29) is 66.1 Å². The van der Waals surface area contributed by atoms with E-state index in [2.05, 4.69) is 0 Å². The molecule has 0 heterocycles. The fourth-order valence-corrected chi connectivity index (χ4v) is 2.46. The molecule has 3 aromatic rings. The average molecular weight is 608 g/mol. The number of para-hydroxylation sites is 3. The molecular formula is C24H24EuO9. The van der Waals surface area contributed by atoms with Crippen molar-refractivity contribution in [1.82, 2.24) is 0 Å². The molecule has 0 amide bonds. The molecule has 0 aromatic heterocycles. The molecule has 10 heteroatoms. The van der Waals surface area contributed by atoms with Crippen molar-refractivity contribution in [1.29, 1.82) is 0 Å². The van der Waals surface area contributed by atoms with Crippen molar-refractivity contribution in [2.24, 2.45) is 0 Å². The van der Waals surface area contributed by atoms with E-state index in [0.717, 1.165) is 0 Å². The number of hydrogen-bond donors (Lipinski definition) is 3. The van der Waals surface area contributed by atoms with Crippen LogP contribution in [-0.4, -0.2) is 54.6 Å². The summed E-state index contributed by atoms with van der Waals surface area (Å²) in [6, 6.07) is 19.5. The number of benzene rings is 3. The Hall–Kier alpha value is -2.95. The van der Waals surface area contributed by atoms with Gasteiger partial charge in [0.2, 0.25) is 0 Å². The van der Waals surface area contributed by atoms with Crippen molar-refractivity contribution in [3.63, 3.8) is 0 Å². The van der Waals surface area contributed by atoms with Crippen LogP contribution in [0.1, 0.15) is 31.1 Å². The van der Waals surface area contributed by atoms with E-state index in [4.69, 9.17) is 29.5 Å². The maximum absolute atomic E-state index is 10.5. The van der Waals surface area contributed by atoms with Gasteiger partial charge in [0.05, 0.1) is 21.3 Å². The number of rotatable bonds is 6. The van der Waals surface area contributed by atoms with Gasteiger partial charge in [0.1, 0.15) is 33.9 Å². The molecule has 3 aromatic carbocycles. The third-order valence-corrected chi connectivity index (χ3v) is 4.01. The number of ether oxygens (including phenoxy) is 3. The molecule has 181 valence electrons. The SMILES string of the molecule is COc1ccccc1C(=O)O.COc1ccccc1C(=O)O.COc1ccccc1C(=O)O.[Eu]. The van der Waals surface area contributed by atoms with E-state index in [1.54, 1.807) is 54.6 Å². The topological polar surface area (TPSA) is 140 Å². The molecule has 0 atom stereocenters. The summed E-state index contributed by atoms with van der Waals surface area (Å²) < 4.78 is 14.5. The van der Waals surface area contributed by atoms with Crippen LogP contribution >= 0.6 is 0 Å². The minimum atomic E-state index is -0.970. The van der Waals surface area contributed by atoms with Crippen molar-refractivity contribution in [2.75, 3.05) is 21.3 Å². The quantitative estimate of drug-likeness (QED) is 0.376. The van der Waals surface area contributed by atoms with Crippen LogP contribution in [0, 0.1) is 49.4 Å². The van der Waals surface area contributed by atoms with Crippen molar-refractivity contribution >= 4 is 17.9 Å². The second-order valence-electron chi connectivity index (χ2n) is 6.02. The number of methoxy groups -OCH3 is 3. The number of carboxylic acid groups (broad SMARTS) is 3. The van der Waals surface area contributed by atoms with E-state index < -0.39 is 17.9 Å². The summed E-state index contributed by atoms with van der Waals surface area (Å²) in [4.78, 5) is 31.5. The van der Waals surface area contributed by atoms with Crippen molar-refractivity contribution < 1.29 is 93.3 Å². The molecule has 9 nitrogen and oxygen atoms in total. The van der Waals surface area contributed by atoms with Gasteiger partial charge >= 0.3 is 17.9 Å². The first-order valence-electron chi connectivity index (χ1n) is 9.35. The molecule has 1 radical (unpaired) electrons. The van der Waals surface area contributed by atoms with Crippen molar-refractivity contribution in [3.05, 3.63) is 89.5 Å². The second-order valence-corrected chi connectivity index (χ2v) is 6.02. The van der Waals surface area contributed by atoms with Gasteiger partial charge in [0, 0.05) is 49.4 Å². The van der Waals surface area contributed by atoms with E-state index in [0.29, 0.717) is 17.2 Å². The molecule has 0 spiro atoms. The molecule has 0 saturated carbocycles. The minimum Gasteiger partial charge on any atom is -0.496 e. The van der Waals surface area contributed by atoms with Crippen molar-refractivity contribution in [3.8, 4) is 17.2 Å². The fraction of sp³-hybridized carbons (Fsp3) is 0.125.